The number of fused-ring (bicyclic) bond motifs is 3. The highest BCUT2D eigenvalue weighted by Crippen LogP contribution is 2.63. The van der Waals surface area contributed by atoms with E-state index in [1.165, 1.54) is 6.08 Å². The summed E-state index contributed by atoms with van der Waals surface area (Å²) in [6.45, 7) is 4.98. The van der Waals surface area contributed by atoms with Crippen molar-refractivity contribution >= 4 is 52.7 Å². The number of likely N-dealkylation sites (tertiary alicyclic amines) is 1. The second-order valence-corrected chi connectivity index (χ2v) is 18.0. The van der Waals surface area contributed by atoms with Crippen molar-refractivity contribution in [2.75, 3.05) is 52.7 Å². The highest BCUT2D eigenvalue weighted by Gasteiger charge is 2.57. The van der Waals surface area contributed by atoms with Gasteiger partial charge in [0.1, 0.15) is 17.3 Å². The molecule has 1 saturated heterocycles. The normalized spacial score (nSPS) is 23.3. The molecule has 0 spiro atoms. The molecule has 2 N–H and O–H groups in total. The van der Waals surface area contributed by atoms with E-state index < -0.39 is 17.2 Å². The van der Waals surface area contributed by atoms with E-state index >= 15 is 4.39 Å². The SMILES string of the molecule is COc1cc(/C(F)=C/c2cccc(-c3cccc(NC(=O)c4nc5c(n4C)CCN(CCC46CCC(C(=O)O)(CC4)C6)C5)c3Cl)c2Cl)ncc1CN1CC[C@@H](N(C)C)C1. The first-order valence-electron chi connectivity index (χ1n) is 20.5. The van der Waals surface area contributed by atoms with Gasteiger partial charge in [0.25, 0.3) is 5.91 Å². The number of likely N-dealkylation sites (N-methyl/N-ethyl adjacent to an activating group) is 1. The summed E-state index contributed by atoms with van der Waals surface area (Å²) in [5, 5.41) is 13.4. The van der Waals surface area contributed by atoms with Gasteiger partial charge < -0.3 is 24.6 Å². The maximum absolute atomic E-state index is 15.9. The van der Waals surface area contributed by atoms with Gasteiger partial charge in [0.15, 0.2) is 5.82 Å². The monoisotopic (exact) mass is 843 g/mol. The molecule has 0 radical (unpaired) electrons. The van der Waals surface area contributed by atoms with Crippen LogP contribution in [0.5, 0.6) is 5.75 Å². The van der Waals surface area contributed by atoms with E-state index in [1.54, 1.807) is 49.7 Å². The largest absolute Gasteiger partial charge is 0.496 e. The maximum atomic E-state index is 15.9. The van der Waals surface area contributed by atoms with Crippen molar-refractivity contribution in [2.24, 2.45) is 17.9 Å². The lowest BCUT2D eigenvalue weighted by molar-refractivity contribution is -0.148. The number of nitrogens with zero attached hydrogens (tertiary/aromatic N) is 6. The summed E-state index contributed by atoms with van der Waals surface area (Å²) in [6.07, 6.45) is 10.2. The number of carboxylic acids is 1. The number of hydrogen-bond donors (Lipinski definition) is 2. The predicted octanol–water partition coefficient (Wildman–Crippen LogP) is 8.44. The molecule has 2 aromatic heterocycles. The number of carbonyl (C=O) groups is 2. The van der Waals surface area contributed by atoms with Crippen molar-refractivity contribution in [2.45, 2.75) is 70.5 Å². The van der Waals surface area contributed by atoms with Crippen LogP contribution in [0.3, 0.4) is 0 Å². The minimum absolute atomic E-state index is 0.128. The summed E-state index contributed by atoms with van der Waals surface area (Å²) in [6, 6.07) is 12.7. The van der Waals surface area contributed by atoms with E-state index in [-0.39, 0.29) is 22.0 Å². The van der Waals surface area contributed by atoms with Gasteiger partial charge >= 0.3 is 5.97 Å². The smallest absolute Gasteiger partial charge is 0.309 e. The molecule has 8 rings (SSSR count). The molecule has 1 atom stereocenters. The molecule has 14 heteroatoms. The Morgan fingerprint density at radius 3 is 2.51 bits per heavy atom. The lowest BCUT2D eigenvalue weighted by Crippen LogP contribution is -2.34. The first-order chi connectivity index (χ1) is 28.3. The van der Waals surface area contributed by atoms with Gasteiger partial charge in [-0.3, -0.25) is 24.4 Å². The summed E-state index contributed by atoms with van der Waals surface area (Å²) in [5.74, 6) is -0.712. The number of hydrogen-bond acceptors (Lipinski definition) is 8. The third kappa shape index (κ3) is 8.14. The number of pyridine rings is 1. The Morgan fingerprint density at radius 2 is 1.81 bits per heavy atom. The fraction of sp³-hybridized carbons (Fsp3) is 0.467. The number of methoxy groups -OCH3 is 1. The van der Waals surface area contributed by atoms with E-state index in [0.717, 1.165) is 94.5 Å². The lowest BCUT2D eigenvalue weighted by atomic mass is 9.80. The summed E-state index contributed by atoms with van der Waals surface area (Å²) in [7, 11) is 7.64. The molecule has 4 heterocycles. The van der Waals surface area contributed by atoms with Gasteiger partial charge in [0.05, 0.1) is 34.0 Å². The number of benzene rings is 2. The van der Waals surface area contributed by atoms with Crippen LogP contribution in [0.4, 0.5) is 10.1 Å². The van der Waals surface area contributed by atoms with Crippen LogP contribution in [0.15, 0.2) is 48.7 Å². The third-order valence-electron chi connectivity index (χ3n) is 13.6. The molecule has 2 bridgehead atoms. The third-order valence-corrected chi connectivity index (χ3v) is 14.4. The predicted molar refractivity (Wildman–Crippen MR) is 229 cm³/mol. The Morgan fingerprint density at radius 1 is 1.07 bits per heavy atom. The molecule has 3 fully saturated rings. The number of rotatable bonds is 13. The molecule has 1 amide bonds. The van der Waals surface area contributed by atoms with Crippen LogP contribution in [0, 0.1) is 10.8 Å². The minimum Gasteiger partial charge on any atom is -0.496 e. The quantitative estimate of drug-likeness (QED) is 0.137. The molecule has 59 heavy (non-hydrogen) atoms. The second kappa shape index (κ2) is 16.6. The van der Waals surface area contributed by atoms with Crippen LogP contribution in [0.25, 0.3) is 23.0 Å². The Kier molecular flexibility index (Phi) is 11.7. The molecule has 11 nitrogen and oxygen atoms in total. The number of amides is 1. The minimum atomic E-state index is -0.631. The molecule has 0 unspecified atom stereocenters. The maximum Gasteiger partial charge on any atom is 0.309 e. The zero-order chi connectivity index (χ0) is 41.6. The highest BCUT2D eigenvalue weighted by atomic mass is 35.5. The molecule has 4 aromatic rings. The number of nitrogens with one attached hydrogen (secondary N) is 1. The van der Waals surface area contributed by atoms with Crippen LogP contribution in [0.2, 0.25) is 10.0 Å². The number of anilines is 1. The first kappa shape index (κ1) is 41.4. The summed E-state index contributed by atoms with van der Waals surface area (Å²) in [5.41, 5.74) is 4.55. The number of carboxylic acid groups (broad SMARTS) is 1. The molecule has 2 aliphatic carbocycles. The lowest BCUT2D eigenvalue weighted by Gasteiger charge is -2.32. The van der Waals surface area contributed by atoms with Gasteiger partial charge in [0.2, 0.25) is 0 Å². The Hall–Kier alpha value is -4.33. The van der Waals surface area contributed by atoms with Crippen molar-refractivity contribution in [3.05, 3.63) is 92.7 Å². The molecule has 312 valence electrons. The van der Waals surface area contributed by atoms with E-state index in [0.29, 0.717) is 58.1 Å². The molecule has 2 aromatic carbocycles. The first-order valence-corrected chi connectivity index (χ1v) is 21.2. The van der Waals surface area contributed by atoms with Gasteiger partial charge in [-0.15, -0.1) is 0 Å². The molecular formula is C45H52Cl2FN7O4. The molecular weight excluding hydrogens is 792 g/mol. The molecule has 2 aliphatic heterocycles. The zero-order valence-electron chi connectivity index (χ0n) is 34.2. The number of ether oxygens (including phenoxy) is 1. The van der Waals surface area contributed by atoms with Gasteiger partial charge in [0, 0.05) is 86.9 Å². The fourth-order valence-corrected chi connectivity index (χ4v) is 10.5. The van der Waals surface area contributed by atoms with E-state index in [9.17, 15) is 14.7 Å². The average Bonchev–Trinajstić information content (AvgIpc) is 4.02. The Balaban J connectivity index is 0.941. The van der Waals surface area contributed by atoms with Crippen LogP contribution >= 0.6 is 23.2 Å². The number of aliphatic carboxylic acids is 1. The Bertz CT molecular complexity index is 2300. The Labute approximate surface area is 355 Å². The van der Waals surface area contributed by atoms with Crippen molar-refractivity contribution in [1.82, 2.24) is 29.2 Å². The van der Waals surface area contributed by atoms with E-state index in [1.807, 2.05) is 17.7 Å². The van der Waals surface area contributed by atoms with Crippen molar-refractivity contribution in [3.8, 4) is 16.9 Å². The van der Waals surface area contributed by atoms with Gasteiger partial charge in [-0.05, 0) is 88.7 Å². The van der Waals surface area contributed by atoms with E-state index in [2.05, 4.69) is 39.1 Å². The number of aromatic nitrogens is 3. The molecule has 4 aliphatic rings. The molecule has 2 saturated carbocycles. The van der Waals surface area contributed by atoms with Gasteiger partial charge in [-0.25, -0.2) is 9.37 Å². The zero-order valence-corrected chi connectivity index (χ0v) is 35.7. The van der Waals surface area contributed by atoms with Crippen LogP contribution < -0.4 is 10.1 Å². The topological polar surface area (TPSA) is 116 Å². The van der Waals surface area contributed by atoms with Crippen LogP contribution in [-0.4, -0.2) is 99.6 Å². The number of imidazole rings is 1. The average molecular weight is 845 g/mol. The van der Waals surface area contributed by atoms with Crippen LogP contribution in [-0.2, 0) is 31.4 Å². The van der Waals surface area contributed by atoms with E-state index in [4.69, 9.17) is 32.9 Å². The number of halogens is 3. The van der Waals surface area contributed by atoms with Gasteiger partial charge in [-0.2, -0.15) is 0 Å². The fourth-order valence-electron chi connectivity index (χ4n) is 9.95. The van der Waals surface area contributed by atoms with Crippen LogP contribution in [0.1, 0.15) is 83.8 Å². The standard InChI is InChI=1S/C45H52Cl2FN7O4/c1-52(2)30-11-18-55(25-30)24-29-23-49-35(22-38(29)59-4)33(48)21-28-7-5-8-31(39(28)46)32-9-6-10-34(40(32)47)51-42(56)41-50-36-26-54(19-12-37(36)53(41)3)20-17-44-13-15-45(27-44,16-14-44)43(57)58/h5-10,21-23,30H,11-20,24-27H2,1-4H3,(H,51,56)(H,57,58)/b33-21-/t30-,44?,45?/m1/s1. The van der Waals surface area contributed by atoms with Crippen molar-refractivity contribution in [3.63, 3.8) is 0 Å². The summed E-state index contributed by atoms with van der Waals surface area (Å²) in [4.78, 5) is 41.9. The van der Waals surface area contributed by atoms with Gasteiger partial charge in [-0.1, -0.05) is 53.5 Å². The number of carbonyl (C=O) groups excluding carboxylic acids is 1. The highest BCUT2D eigenvalue weighted by molar-refractivity contribution is 6.39. The second-order valence-electron chi connectivity index (χ2n) is 17.3. The van der Waals surface area contributed by atoms with Crippen molar-refractivity contribution < 1.29 is 23.8 Å². The summed E-state index contributed by atoms with van der Waals surface area (Å²) < 4.78 is 23.4. The summed E-state index contributed by atoms with van der Waals surface area (Å²) >= 11 is 13.9. The van der Waals surface area contributed by atoms with Crippen molar-refractivity contribution in [1.29, 1.82) is 0 Å².